The van der Waals surface area contributed by atoms with Crippen LogP contribution >= 0.6 is 0 Å². The number of carbonyl (C=O) groups is 1. The van der Waals surface area contributed by atoms with Crippen molar-refractivity contribution in [1.82, 2.24) is 9.47 Å². The number of piperazine rings is 1. The normalized spacial score (nSPS) is 15.2. The van der Waals surface area contributed by atoms with Crippen molar-refractivity contribution in [1.29, 1.82) is 0 Å². The summed E-state index contributed by atoms with van der Waals surface area (Å²) in [5.74, 6) is -0.368. The Kier molecular flexibility index (Phi) is 4.97. The third kappa shape index (κ3) is 4.04. The lowest BCUT2D eigenvalue weighted by atomic mass is 10.2. The summed E-state index contributed by atoms with van der Waals surface area (Å²) in [6.45, 7) is 1.74. The highest BCUT2D eigenvalue weighted by Crippen LogP contribution is 2.28. The Morgan fingerprint density at radius 3 is 2.31 bits per heavy atom. The Bertz CT molecular complexity index is 828. The number of carbonyl (C=O) groups excluding carboxylic acids is 1. The molecule has 9 heteroatoms. The lowest BCUT2D eigenvalue weighted by molar-refractivity contribution is -0.377. The second-order valence-corrected chi connectivity index (χ2v) is 6.01. The molecular weight excluding hydrogens is 349 g/mol. The zero-order chi connectivity index (χ0) is 18.7. The van der Waals surface area contributed by atoms with Crippen LogP contribution in [-0.2, 0) is 17.5 Å². The van der Waals surface area contributed by atoms with Crippen LogP contribution in [0.25, 0.3) is 0 Å². The summed E-state index contributed by atoms with van der Waals surface area (Å²) in [5, 5.41) is 0. The van der Waals surface area contributed by atoms with Crippen LogP contribution in [0.3, 0.4) is 0 Å². The molecule has 138 valence electrons. The van der Waals surface area contributed by atoms with Gasteiger partial charge in [-0.1, -0.05) is 0 Å². The first-order valence-corrected chi connectivity index (χ1v) is 8.11. The third-order valence-electron chi connectivity index (χ3n) is 4.31. The quantitative estimate of drug-likeness (QED) is 0.814. The molecule has 1 aliphatic heterocycles. The molecule has 0 unspecified atom stereocenters. The van der Waals surface area contributed by atoms with Crippen LogP contribution in [0.15, 0.2) is 47.7 Å². The van der Waals surface area contributed by atoms with E-state index in [9.17, 15) is 22.8 Å². The first kappa shape index (κ1) is 18.0. The number of aromatic nitrogens is 2. The topological polar surface area (TPSA) is 59.7 Å². The zero-order valence-electron chi connectivity index (χ0n) is 13.9. The van der Waals surface area contributed by atoms with Crippen molar-refractivity contribution < 1.29 is 22.9 Å². The van der Waals surface area contributed by atoms with Gasteiger partial charge in [0.2, 0.25) is 5.91 Å². The molecule has 1 saturated heterocycles. The fraction of sp³-hybridized carbons (Fsp3) is 0.353. The van der Waals surface area contributed by atoms with E-state index < -0.39 is 23.8 Å². The summed E-state index contributed by atoms with van der Waals surface area (Å²) >= 11 is 0. The summed E-state index contributed by atoms with van der Waals surface area (Å²) in [6, 6.07) is 5.42. The fourth-order valence-electron chi connectivity index (χ4n) is 2.87. The van der Waals surface area contributed by atoms with Gasteiger partial charge in [-0.3, -0.25) is 9.59 Å². The maximum absolute atomic E-state index is 12.8. The molecule has 0 aromatic carbocycles. The Balaban J connectivity index is 1.64. The van der Waals surface area contributed by atoms with Gasteiger partial charge in [-0.05, 0) is 6.07 Å². The van der Waals surface area contributed by atoms with Crippen LogP contribution in [0.1, 0.15) is 5.56 Å². The predicted octanol–water partition coefficient (Wildman–Crippen LogP) is 1.03. The molecule has 0 bridgehead atoms. The van der Waals surface area contributed by atoms with Gasteiger partial charge in [0.05, 0.1) is 5.56 Å². The van der Waals surface area contributed by atoms with Crippen molar-refractivity contribution in [3.05, 3.63) is 58.8 Å². The molecule has 3 heterocycles. The van der Waals surface area contributed by atoms with Gasteiger partial charge in [0.25, 0.3) is 5.56 Å². The highest BCUT2D eigenvalue weighted by atomic mass is 19.4. The number of anilines is 1. The van der Waals surface area contributed by atoms with E-state index in [1.165, 1.54) is 0 Å². The number of amides is 1. The molecule has 1 aliphatic rings. The molecule has 26 heavy (non-hydrogen) atoms. The highest BCUT2D eigenvalue weighted by molar-refractivity contribution is 5.76. The Hall–Kier alpha value is -2.84. The van der Waals surface area contributed by atoms with Crippen molar-refractivity contribution in [2.45, 2.75) is 12.7 Å². The zero-order valence-corrected chi connectivity index (χ0v) is 13.9. The summed E-state index contributed by atoms with van der Waals surface area (Å²) < 4.78 is 39.1. The lowest BCUT2D eigenvalue weighted by Crippen LogP contribution is -2.50. The smallest absolute Gasteiger partial charge is 0.368 e. The van der Waals surface area contributed by atoms with E-state index in [1.807, 2.05) is 24.5 Å². The summed E-state index contributed by atoms with van der Waals surface area (Å²) in [6.07, 6.45) is -0.242. The SMILES string of the molecule is O=C(Cn1cc(C(F)(F)F)ccc1=O)N1CCN(c2cc[nH+]cc2)CC1. The van der Waals surface area contributed by atoms with Gasteiger partial charge in [-0.2, -0.15) is 13.2 Å². The van der Waals surface area contributed by atoms with Gasteiger partial charge in [-0.15, -0.1) is 0 Å². The molecule has 6 nitrogen and oxygen atoms in total. The van der Waals surface area contributed by atoms with E-state index in [0.717, 1.165) is 22.4 Å². The first-order valence-electron chi connectivity index (χ1n) is 8.11. The monoisotopic (exact) mass is 367 g/mol. The van der Waals surface area contributed by atoms with Gasteiger partial charge in [0.15, 0.2) is 12.4 Å². The third-order valence-corrected chi connectivity index (χ3v) is 4.31. The lowest BCUT2D eigenvalue weighted by Gasteiger charge is -2.35. The Morgan fingerprint density at radius 2 is 1.69 bits per heavy atom. The molecular formula is C17H18F3N4O2+. The standard InChI is InChI=1S/C17H17F3N4O2/c18-17(19,20)13-1-2-15(25)24(11-13)12-16(26)23-9-7-22(8-10-23)14-3-5-21-6-4-14/h1-6,11H,7-10,12H2/p+1. The van der Waals surface area contributed by atoms with Crippen molar-refractivity contribution in [3.63, 3.8) is 0 Å². The molecule has 1 N–H and O–H groups in total. The van der Waals surface area contributed by atoms with Crippen LogP contribution in [0.5, 0.6) is 0 Å². The number of alkyl halides is 3. The second-order valence-electron chi connectivity index (χ2n) is 6.01. The maximum atomic E-state index is 12.8. The average molecular weight is 367 g/mol. The van der Waals surface area contributed by atoms with Crippen molar-refractivity contribution in [2.75, 3.05) is 31.1 Å². The molecule has 2 aromatic heterocycles. The number of hydrogen-bond acceptors (Lipinski definition) is 3. The summed E-state index contributed by atoms with van der Waals surface area (Å²) in [7, 11) is 0. The largest absolute Gasteiger partial charge is 0.417 e. The molecule has 2 aromatic rings. The first-order chi connectivity index (χ1) is 12.3. The van der Waals surface area contributed by atoms with Gasteiger partial charge in [0, 0.05) is 56.3 Å². The minimum atomic E-state index is -4.56. The van der Waals surface area contributed by atoms with Gasteiger partial charge < -0.3 is 14.4 Å². The number of aromatic amines is 1. The Morgan fingerprint density at radius 1 is 1.04 bits per heavy atom. The minimum absolute atomic E-state index is 0.368. The number of nitrogens with one attached hydrogen (secondary N) is 1. The average Bonchev–Trinajstić information content (AvgIpc) is 2.63. The van der Waals surface area contributed by atoms with E-state index in [2.05, 4.69) is 9.88 Å². The van der Waals surface area contributed by atoms with Crippen LogP contribution in [0.2, 0.25) is 0 Å². The number of rotatable bonds is 3. The molecule has 3 rings (SSSR count). The molecule has 1 fully saturated rings. The van der Waals surface area contributed by atoms with Crippen LogP contribution in [-0.4, -0.2) is 41.6 Å². The second kappa shape index (κ2) is 7.19. The fourth-order valence-corrected chi connectivity index (χ4v) is 2.87. The Labute approximate surface area is 147 Å². The van der Waals surface area contributed by atoms with Crippen molar-refractivity contribution in [3.8, 4) is 0 Å². The predicted molar refractivity (Wildman–Crippen MR) is 87.5 cm³/mol. The number of halogens is 3. The number of H-pyrrole nitrogens is 1. The highest BCUT2D eigenvalue weighted by Gasteiger charge is 2.31. The molecule has 0 aliphatic carbocycles. The summed E-state index contributed by atoms with van der Waals surface area (Å²) in [4.78, 5) is 30.8. The van der Waals surface area contributed by atoms with Crippen LogP contribution in [0, 0.1) is 0 Å². The van der Waals surface area contributed by atoms with E-state index in [-0.39, 0.29) is 5.91 Å². The van der Waals surface area contributed by atoms with Gasteiger partial charge >= 0.3 is 6.18 Å². The molecule has 1 amide bonds. The van der Waals surface area contributed by atoms with Crippen LogP contribution < -0.4 is 15.4 Å². The van der Waals surface area contributed by atoms with E-state index in [1.54, 1.807) is 4.90 Å². The van der Waals surface area contributed by atoms with Crippen LogP contribution in [0.4, 0.5) is 18.9 Å². The van der Waals surface area contributed by atoms with E-state index >= 15 is 0 Å². The number of pyridine rings is 2. The minimum Gasteiger partial charge on any atom is -0.368 e. The number of hydrogen-bond donors (Lipinski definition) is 0. The summed E-state index contributed by atoms with van der Waals surface area (Å²) in [5.41, 5.74) is -0.550. The molecule has 0 atom stereocenters. The van der Waals surface area contributed by atoms with Crippen molar-refractivity contribution >= 4 is 11.6 Å². The molecule has 0 spiro atoms. The van der Waals surface area contributed by atoms with Gasteiger partial charge in [0.1, 0.15) is 6.54 Å². The maximum Gasteiger partial charge on any atom is 0.417 e. The van der Waals surface area contributed by atoms with Crippen molar-refractivity contribution in [2.24, 2.45) is 0 Å². The van der Waals surface area contributed by atoms with E-state index in [4.69, 9.17) is 0 Å². The molecule has 0 radical (unpaired) electrons. The van der Waals surface area contributed by atoms with E-state index in [0.29, 0.717) is 32.4 Å². The molecule has 0 saturated carbocycles. The van der Waals surface area contributed by atoms with Gasteiger partial charge in [-0.25, -0.2) is 4.98 Å². The number of nitrogens with zero attached hydrogens (tertiary/aromatic N) is 3.